The fourth-order valence-corrected chi connectivity index (χ4v) is 4.75. The Hall–Kier alpha value is -3.55. The van der Waals surface area contributed by atoms with E-state index in [4.69, 9.17) is 21.6 Å². The van der Waals surface area contributed by atoms with Gasteiger partial charge in [-0.2, -0.15) is 10.5 Å². The van der Waals surface area contributed by atoms with Crippen LogP contribution in [-0.4, -0.2) is 42.4 Å². The second-order valence-electron chi connectivity index (χ2n) is 9.12. The number of ether oxygens (including phenoxy) is 1. The van der Waals surface area contributed by atoms with Crippen molar-refractivity contribution in [2.24, 2.45) is 0 Å². The van der Waals surface area contributed by atoms with Crippen molar-refractivity contribution in [3.05, 3.63) is 94.0 Å². The van der Waals surface area contributed by atoms with E-state index >= 15 is 0 Å². The Morgan fingerprint density at radius 3 is 2.36 bits per heavy atom. The smallest absolute Gasteiger partial charge is 0.120 e. The van der Waals surface area contributed by atoms with E-state index < -0.39 is 6.10 Å². The van der Waals surface area contributed by atoms with Gasteiger partial charge in [-0.15, -0.1) is 0 Å². The van der Waals surface area contributed by atoms with Gasteiger partial charge >= 0.3 is 0 Å². The highest BCUT2D eigenvalue weighted by atomic mass is 35.5. The van der Waals surface area contributed by atoms with Crippen molar-refractivity contribution in [3.8, 4) is 17.9 Å². The largest absolute Gasteiger partial charge is 0.491 e. The first kappa shape index (κ1) is 25.5. The minimum Gasteiger partial charge on any atom is -0.491 e. The molecule has 1 fully saturated rings. The van der Waals surface area contributed by atoms with Crippen molar-refractivity contribution in [2.45, 2.75) is 32.0 Å². The maximum absolute atomic E-state index is 9.94. The fourth-order valence-electron chi connectivity index (χ4n) is 4.62. The molecule has 0 saturated carbocycles. The highest BCUT2D eigenvalue weighted by Gasteiger charge is 2.32. The highest BCUT2D eigenvalue weighted by molar-refractivity contribution is 6.30. The standard InChI is InChI=1S/C29H29ClN4O2/c1-20(35)19-36-27-11-12-28(25(15-27)17-32)34-14-13-33(18-29(34)24-7-9-26(30)10-8-24)21(2)23-5-3-22(16-31)4-6-23/h3-12,15,20-21,29,35H,13-14,18-19H2,1-2H3/t20?,21-,29+/m1/s1. The second kappa shape index (κ2) is 11.5. The number of nitrogens with zero attached hydrogens (tertiary/aromatic N) is 4. The maximum Gasteiger partial charge on any atom is 0.120 e. The Kier molecular flexibility index (Phi) is 8.13. The van der Waals surface area contributed by atoms with Crippen molar-refractivity contribution < 1.29 is 9.84 Å². The van der Waals surface area contributed by atoms with Gasteiger partial charge in [0.25, 0.3) is 0 Å². The van der Waals surface area contributed by atoms with Gasteiger partial charge in [-0.05, 0) is 67.4 Å². The van der Waals surface area contributed by atoms with Gasteiger partial charge in [0.1, 0.15) is 18.4 Å². The quantitative estimate of drug-likeness (QED) is 0.463. The molecule has 0 aromatic heterocycles. The molecule has 1 unspecified atom stereocenters. The topological polar surface area (TPSA) is 83.5 Å². The van der Waals surface area contributed by atoms with Crippen molar-refractivity contribution in [2.75, 3.05) is 31.1 Å². The Balaban J connectivity index is 1.64. The van der Waals surface area contributed by atoms with Gasteiger partial charge in [0.05, 0.1) is 35.0 Å². The summed E-state index contributed by atoms with van der Waals surface area (Å²) in [5.74, 6) is 0.562. The molecule has 3 aromatic rings. The first-order valence-electron chi connectivity index (χ1n) is 12.0. The third kappa shape index (κ3) is 5.80. The molecule has 1 aliphatic rings. The first-order chi connectivity index (χ1) is 17.4. The van der Waals surface area contributed by atoms with E-state index in [1.54, 1.807) is 13.0 Å². The van der Waals surface area contributed by atoms with E-state index in [1.807, 2.05) is 60.7 Å². The Bertz CT molecular complexity index is 1260. The number of aliphatic hydroxyl groups excluding tert-OH is 1. The zero-order valence-corrected chi connectivity index (χ0v) is 21.2. The molecule has 1 heterocycles. The normalized spacial score (nSPS) is 17.6. The number of halogens is 1. The minimum atomic E-state index is -0.587. The molecule has 6 nitrogen and oxygen atoms in total. The molecule has 3 aromatic carbocycles. The van der Waals surface area contributed by atoms with E-state index in [0.717, 1.165) is 36.4 Å². The number of benzene rings is 3. The number of aliphatic hydroxyl groups is 1. The molecule has 1 N–H and O–H groups in total. The summed E-state index contributed by atoms with van der Waals surface area (Å²) < 4.78 is 5.63. The van der Waals surface area contributed by atoms with Gasteiger partial charge in [0.15, 0.2) is 0 Å². The third-order valence-corrected chi connectivity index (χ3v) is 6.88. The van der Waals surface area contributed by atoms with Crippen LogP contribution in [0.5, 0.6) is 5.75 Å². The number of rotatable bonds is 7. The average molecular weight is 501 g/mol. The van der Waals surface area contributed by atoms with Crippen LogP contribution >= 0.6 is 11.6 Å². The molecule has 0 aliphatic carbocycles. The van der Waals surface area contributed by atoms with Crippen LogP contribution in [0, 0.1) is 22.7 Å². The van der Waals surface area contributed by atoms with Crippen LogP contribution in [0.4, 0.5) is 5.69 Å². The molecule has 1 saturated heterocycles. The minimum absolute atomic E-state index is 0.00757. The summed E-state index contributed by atoms with van der Waals surface area (Å²) in [7, 11) is 0. The predicted octanol–water partition coefficient (Wildman–Crippen LogP) is 5.47. The predicted molar refractivity (Wildman–Crippen MR) is 141 cm³/mol. The van der Waals surface area contributed by atoms with Crippen molar-refractivity contribution in [1.29, 1.82) is 10.5 Å². The van der Waals surface area contributed by atoms with Gasteiger partial charge in [-0.3, -0.25) is 4.90 Å². The van der Waals surface area contributed by atoms with Crippen LogP contribution in [0.15, 0.2) is 66.7 Å². The Morgan fingerprint density at radius 2 is 1.72 bits per heavy atom. The van der Waals surface area contributed by atoms with E-state index in [0.29, 0.717) is 21.9 Å². The van der Waals surface area contributed by atoms with Crippen molar-refractivity contribution >= 4 is 17.3 Å². The van der Waals surface area contributed by atoms with Gasteiger partial charge in [0, 0.05) is 30.7 Å². The van der Waals surface area contributed by atoms with Gasteiger partial charge in [-0.1, -0.05) is 35.9 Å². The SMILES string of the molecule is CC(O)COc1ccc(N2CCN([C@H](C)c3ccc(C#N)cc3)C[C@H]2c2ccc(Cl)cc2)c(C#N)c1. The molecule has 3 atom stereocenters. The molecule has 7 heteroatoms. The molecule has 4 rings (SSSR count). The van der Waals surface area contributed by atoms with E-state index in [1.165, 1.54) is 0 Å². The zero-order chi connectivity index (χ0) is 25.7. The molecule has 0 radical (unpaired) electrons. The summed E-state index contributed by atoms with van der Waals surface area (Å²) in [6, 6.07) is 25.8. The Labute approximate surface area is 217 Å². The Morgan fingerprint density at radius 1 is 1.00 bits per heavy atom. The fraction of sp³-hybridized carbons (Fsp3) is 0.310. The third-order valence-electron chi connectivity index (χ3n) is 6.63. The van der Waals surface area contributed by atoms with Crippen LogP contribution in [0.3, 0.4) is 0 Å². The molecule has 0 spiro atoms. The molecule has 0 bridgehead atoms. The summed E-state index contributed by atoms with van der Waals surface area (Å²) in [4.78, 5) is 4.71. The van der Waals surface area contributed by atoms with Gasteiger partial charge in [-0.25, -0.2) is 0 Å². The van der Waals surface area contributed by atoms with Crippen LogP contribution in [0.2, 0.25) is 5.02 Å². The lowest BCUT2D eigenvalue weighted by Gasteiger charge is -2.45. The number of anilines is 1. The van der Waals surface area contributed by atoms with Crippen LogP contribution in [-0.2, 0) is 0 Å². The van der Waals surface area contributed by atoms with Gasteiger partial charge < -0.3 is 14.7 Å². The molecule has 0 amide bonds. The lowest BCUT2D eigenvalue weighted by molar-refractivity contribution is 0.122. The second-order valence-corrected chi connectivity index (χ2v) is 9.55. The summed E-state index contributed by atoms with van der Waals surface area (Å²) in [6.07, 6.45) is -0.587. The lowest BCUT2D eigenvalue weighted by Crippen LogP contribution is -2.49. The highest BCUT2D eigenvalue weighted by Crippen LogP contribution is 2.37. The monoisotopic (exact) mass is 500 g/mol. The van der Waals surface area contributed by atoms with Crippen molar-refractivity contribution in [1.82, 2.24) is 4.90 Å². The average Bonchev–Trinajstić information content (AvgIpc) is 2.91. The summed E-state index contributed by atoms with van der Waals surface area (Å²) in [5.41, 5.74) is 4.32. The first-order valence-corrected chi connectivity index (χ1v) is 12.4. The number of piperazine rings is 1. The summed E-state index contributed by atoms with van der Waals surface area (Å²) in [5, 5.41) is 29.3. The number of nitriles is 2. The summed E-state index contributed by atoms with van der Waals surface area (Å²) >= 11 is 6.18. The van der Waals surface area contributed by atoms with E-state index in [9.17, 15) is 10.4 Å². The number of hydrogen-bond acceptors (Lipinski definition) is 6. The molecular formula is C29H29ClN4O2. The van der Waals surface area contributed by atoms with Crippen LogP contribution < -0.4 is 9.64 Å². The lowest BCUT2D eigenvalue weighted by atomic mass is 9.97. The zero-order valence-electron chi connectivity index (χ0n) is 20.4. The molecule has 184 valence electrons. The summed E-state index contributed by atoms with van der Waals surface area (Å²) in [6.45, 7) is 6.32. The maximum atomic E-state index is 9.94. The van der Waals surface area contributed by atoms with E-state index in [2.05, 4.69) is 28.9 Å². The van der Waals surface area contributed by atoms with Gasteiger partial charge in [0.2, 0.25) is 0 Å². The molecular weight excluding hydrogens is 472 g/mol. The van der Waals surface area contributed by atoms with Crippen molar-refractivity contribution in [3.63, 3.8) is 0 Å². The van der Waals surface area contributed by atoms with E-state index in [-0.39, 0.29) is 18.7 Å². The molecule has 1 aliphatic heterocycles. The van der Waals surface area contributed by atoms with Crippen LogP contribution in [0.25, 0.3) is 0 Å². The van der Waals surface area contributed by atoms with Crippen LogP contribution in [0.1, 0.15) is 48.2 Å². The molecule has 36 heavy (non-hydrogen) atoms. The number of hydrogen-bond donors (Lipinski definition) is 1.